The number of aliphatic hydroxyl groups is 3. The van der Waals surface area contributed by atoms with E-state index in [-0.39, 0.29) is 5.91 Å². The van der Waals surface area contributed by atoms with Crippen molar-refractivity contribution in [1.82, 2.24) is 10.2 Å². The monoisotopic (exact) mass is 543 g/mol. The number of nitrogens with one attached hydrogen (secondary N) is 1. The number of rotatable bonds is 8. The first-order valence-electron chi connectivity index (χ1n) is 12.0. The number of aliphatic hydroxyl groups excluding tert-OH is 2. The fraction of sp³-hybridized carbons (Fsp3) is 0.625. The SMILES string of the molecule is CC(C)(O)CN1CC2C(CNC(=O)c3cc(Cl)c(N)c4c3OCCC4)C2C1.O=C(O)C(O)C(O)C(=O)O. The van der Waals surface area contributed by atoms with E-state index in [1.54, 1.807) is 6.07 Å². The lowest BCUT2D eigenvalue weighted by Gasteiger charge is -2.27. The average Bonchev–Trinajstić information content (AvgIpc) is 3.28. The Morgan fingerprint density at radius 2 is 1.76 bits per heavy atom. The van der Waals surface area contributed by atoms with Gasteiger partial charge in [-0.15, -0.1) is 0 Å². The zero-order chi connectivity index (χ0) is 27.7. The normalized spacial score (nSPS) is 23.9. The van der Waals surface area contributed by atoms with Crippen LogP contribution >= 0.6 is 11.6 Å². The number of halogens is 1. The Labute approximate surface area is 219 Å². The third kappa shape index (κ3) is 7.02. The molecule has 4 rings (SSSR count). The van der Waals surface area contributed by atoms with Gasteiger partial charge in [-0.25, -0.2) is 9.59 Å². The second-order valence-electron chi connectivity index (χ2n) is 10.4. The first kappa shape index (κ1) is 28.9. The number of aliphatic carboxylic acids is 2. The molecule has 2 heterocycles. The summed E-state index contributed by atoms with van der Waals surface area (Å²) in [5.74, 6) is -1.33. The van der Waals surface area contributed by atoms with Gasteiger partial charge in [-0.1, -0.05) is 11.6 Å². The number of piperidine rings is 1. The first-order valence-corrected chi connectivity index (χ1v) is 12.4. The van der Waals surface area contributed by atoms with Crippen molar-refractivity contribution in [3.05, 3.63) is 22.2 Å². The molecule has 1 aliphatic carbocycles. The largest absolute Gasteiger partial charge is 0.492 e. The number of benzene rings is 1. The molecular weight excluding hydrogens is 510 g/mol. The minimum Gasteiger partial charge on any atom is -0.492 e. The molecule has 1 saturated heterocycles. The molecule has 4 unspecified atom stereocenters. The van der Waals surface area contributed by atoms with E-state index >= 15 is 0 Å². The van der Waals surface area contributed by atoms with E-state index in [1.165, 1.54) is 0 Å². The molecule has 4 atom stereocenters. The summed E-state index contributed by atoms with van der Waals surface area (Å²) in [6.45, 7) is 7.65. The van der Waals surface area contributed by atoms with Gasteiger partial charge in [0.05, 0.1) is 28.5 Å². The highest BCUT2D eigenvalue weighted by Gasteiger charge is 2.55. The number of hydrogen-bond donors (Lipinski definition) is 7. The molecule has 0 radical (unpaired) electrons. The van der Waals surface area contributed by atoms with Crippen molar-refractivity contribution in [1.29, 1.82) is 0 Å². The average molecular weight is 544 g/mol. The maximum atomic E-state index is 12.8. The second-order valence-corrected chi connectivity index (χ2v) is 10.8. The number of carboxylic acids is 2. The predicted molar refractivity (Wildman–Crippen MR) is 133 cm³/mol. The van der Waals surface area contributed by atoms with Crippen molar-refractivity contribution in [2.75, 3.05) is 38.5 Å². The van der Waals surface area contributed by atoms with E-state index in [0.29, 0.717) is 59.5 Å². The van der Waals surface area contributed by atoms with Gasteiger partial charge in [0.25, 0.3) is 5.91 Å². The molecule has 0 aromatic heterocycles. The summed E-state index contributed by atoms with van der Waals surface area (Å²) >= 11 is 6.23. The lowest BCUT2D eigenvalue weighted by molar-refractivity contribution is -0.165. The van der Waals surface area contributed by atoms with Gasteiger partial charge in [0, 0.05) is 31.7 Å². The maximum Gasteiger partial charge on any atom is 0.335 e. The Hall–Kier alpha value is -2.64. The number of fused-ring (bicyclic) bond motifs is 2. The highest BCUT2D eigenvalue weighted by Crippen LogP contribution is 2.51. The van der Waals surface area contributed by atoms with Crippen molar-refractivity contribution >= 4 is 35.1 Å². The lowest BCUT2D eigenvalue weighted by atomic mass is 9.99. The summed E-state index contributed by atoms with van der Waals surface area (Å²) < 4.78 is 5.74. The van der Waals surface area contributed by atoms with Crippen molar-refractivity contribution in [3.63, 3.8) is 0 Å². The van der Waals surface area contributed by atoms with Crippen LogP contribution in [0.3, 0.4) is 0 Å². The van der Waals surface area contributed by atoms with Gasteiger partial charge in [-0.05, 0) is 50.5 Å². The molecule has 1 aromatic rings. The number of carbonyl (C=O) groups is 3. The topological polar surface area (TPSA) is 203 Å². The van der Waals surface area contributed by atoms with Gasteiger partial charge in [0.15, 0.2) is 12.2 Å². The minimum atomic E-state index is -2.27. The van der Waals surface area contributed by atoms with Crippen LogP contribution in [0.25, 0.3) is 0 Å². The van der Waals surface area contributed by atoms with Crippen LogP contribution in [0.15, 0.2) is 6.07 Å². The van der Waals surface area contributed by atoms with Crippen LogP contribution in [0, 0.1) is 17.8 Å². The smallest absolute Gasteiger partial charge is 0.335 e. The van der Waals surface area contributed by atoms with Crippen LogP contribution in [0.5, 0.6) is 5.75 Å². The molecular formula is C24H34ClN3O9. The van der Waals surface area contributed by atoms with Crippen LogP contribution in [-0.4, -0.2) is 98.9 Å². The van der Waals surface area contributed by atoms with E-state index in [2.05, 4.69) is 10.2 Å². The number of carboxylic acid groups (broad SMARTS) is 2. The van der Waals surface area contributed by atoms with Crippen molar-refractivity contribution in [2.45, 2.75) is 44.5 Å². The number of nitrogens with two attached hydrogens (primary N) is 1. The number of anilines is 1. The molecule has 37 heavy (non-hydrogen) atoms. The number of hydrogen-bond acceptors (Lipinski definition) is 9. The third-order valence-corrected chi connectivity index (χ3v) is 7.11. The number of β-amino-alcohol motifs (C(OH)–C–C–N with tert-alkyl or cyclic N) is 1. The molecule has 3 aliphatic rings. The minimum absolute atomic E-state index is 0.145. The highest BCUT2D eigenvalue weighted by atomic mass is 35.5. The summed E-state index contributed by atoms with van der Waals surface area (Å²) in [6, 6.07) is 1.62. The first-order chi connectivity index (χ1) is 17.2. The lowest BCUT2D eigenvalue weighted by Crippen LogP contribution is -2.39. The number of amides is 1. The van der Waals surface area contributed by atoms with Gasteiger partial charge >= 0.3 is 11.9 Å². The van der Waals surface area contributed by atoms with Crippen molar-refractivity contribution in [2.24, 2.45) is 17.8 Å². The summed E-state index contributed by atoms with van der Waals surface area (Å²) in [5.41, 5.74) is 7.25. The zero-order valence-corrected chi connectivity index (χ0v) is 21.4. The van der Waals surface area contributed by atoms with E-state index in [0.717, 1.165) is 31.5 Å². The van der Waals surface area contributed by atoms with Gasteiger partial charge in [-0.2, -0.15) is 0 Å². The molecule has 0 spiro atoms. The third-order valence-electron chi connectivity index (χ3n) is 6.80. The number of carbonyl (C=O) groups excluding carboxylic acids is 1. The Morgan fingerprint density at radius 3 is 2.27 bits per heavy atom. The summed E-state index contributed by atoms with van der Waals surface area (Å²) in [4.78, 5) is 34.6. The van der Waals surface area contributed by atoms with Crippen LogP contribution in [-0.2, 0) is 16.0 Å². The van der Waals surface area contributed by atoms with Gasteiger partial charge in [0.1, 0.15) is 5.75 Å². The van der Waals surface area contributed by atoms with Gasteiger partial charge in [-0.3, -0.25) is 9.69 Å². The van der Waals surface area contributed by atoms with Gasteiger partial charge < -0.3 is 41.3 Å². The fourth-order valence-corrected chi connectivity index (χ4v) is 5.22. The predicted octanol–water partition coefficient (Wildman–Crippen LogP) is -0.197. The molecule has 2 aliphatic heterocycles. The summed E-state index contributed by atoms with van der Waals surface area (Å²) in [6.07, 6.45) is -2.87. The standard InChI is InChI=1S/C20H28ClN3O3.C4H6O6/c1-20(2,26)10-24-8-14-13(15(14)9-24)7-23-19(25)12-6-16(21)17(22)11-4-3-5-27-18(11)12;5-1(3(7)8)2(6)4(9)10/h6,13-15,26H,3-5,7-10,22H2,1-2H3,(H,23,25);1-2,5-6H,(H,7,8)(H,9,10). The molecule has 206 valence electrons. The van der Waals surface area contributed by atoms with Crippen LogP contribution < -0.4 is 15.8 Å². The Kier molecular flexibility index (Phi) is 8.91. The number of nitrogens with zero attached hydrogens (tertiary/aromatic N) is 1. The maximum absolute atomic E-state index is 12.8. The molecule has 8 N–H and O–H groups in total. The Morgan fingerprint density at radius 1 is 1.19 bits per heavy atom. The van der Waals surface area contributed by atoms with Crippen molar-refractivity contribution in [3.8, 4) is 5.75 Å². The number of ether oxygens (including phenoxy) is 1. The fourth-order valence-electron chi connectivity index (χ4n) is 5.00. The van der Waals surface area contributed by atoms with E-state index in [4.69, 9.17) is 42.5 Å². The van der Waals surface area contributed by atoms with Gasteiger partial charge in [0.2, 0.25) is 0 Å². The summed E-state index contributed by atoms with van der Waals surface area (Å²) in [5, 5.41) is 46.0. The summed E-state index contributed by atoms with van der Waals surface area (Å²) in [7, 11) is 0. The van der Waals surface area contributed by atoms with Crippen LogP contribution in [0.2, 0.25) is 5.02 Å². The highest BCUT2D eigenvalue weighted by molar-refractivity contribution is 6.33. The molecule has 0 bridgehead atoms. The molecule has 13 heteroatoms. The molecule has 1 aromatic carbocycles. The second kappa shape index (κ2) is 11.4. The molecule has 1 amide bonds. The Balaban J connectivity index is 0.000000325. The molecule has 2 fully saturated rings. The van der Waals surface area contributed by atoms with E-state index in [9.17, 15) is 19.5 Å². The Bertz CT molecular complexity index is 1020. The number of likely N-dealkylation sites (tertiary alicyclic amines) is 1. The zero-order valence-electron chi connectivity index (χ0n) is 20.7. The quantitative estimate of drug-likeness (QED) is 0.214. The van der Waals surface area contributed by atoms with E-state index in [1.807, 2.05) is 13.8 Å². The van der Waals surface area contributed by atoms with Crippen molar-refractivity contribution < 1.29 is 44.7 Å². The van der Waals surface area contributed by atoms with E-state index < -0.39 is 29.7 Å². The van der Waals surface area contributed by atoms with Crippen LogP contribution in [0.4, 0.5) is 5.69 Å². The van der Waals surface area contributed by atoms with Crippen LogP contribution in [0.1, 0.15) is 36.2 Å². The molecule has 12 nitrogen and oxygen atoms in total. The number of nitrogen functional groups attached to an aromatic ring is 1. The molecule has 1 saturated carbocycles.